The molecule has 19 heavy (non-hydrogen) atoms. The van der Waals surface area contributed by atoms with E-state index in [1.54, 1.807) is 6.92 Å². The monoisotopic (exact) mass is 290 g/mol. The van der Waals surface area contributed by atoms with E-state index in [9.17, 15) is 18.0 Å². The topological polar surface area (TPSA) is 26.3 Å². The molecule has 0 fully saturated rings. The molecule has 0 atom stereocenters. The van der Waals surface area contributed by atoms with Crippen LogP contribution in [-0.4, -0.2) is 12.6 Å². The van der Waals surface area contributed by atoms with E-state index in [4.69, 9.17) is 11.6 Å². The van der Waals surface area contributed by atoms with Gasteiger partial charge >= 0.3 is 12.1 Å². The van der Waals surface area contributed by atoms with Crippen molar-refractivity contribution in [1.29, 1.82) is 0 Å². The number of hydrogen-bond donors (Lipinski definition) is 0. The standard InChI is InChI=1S/C13H10ClF3O2/c1-2-19-12(18)5-3-4-9-6-7-10(8-11(9)14)13(15,16)17/h6-8H,2,5H2,1H3. The third kappa shape index (κ3) is 4.84. The summed E-state index contributed by atoms with van der Waals surface area (Å²) in [5.41, 5.74) is -0.604. The van der Waals surface area contributed by atoms with E-state index in [0.717, 1.165) is 12.1 Å². The average molecular weight is 291 g/mol. The van der Waals surface area contributed by atoms with Crippen molar-refractivity contribution in [1.82, 2.24) is 0 Å². The molecule has 0 radical (unpaired) electrons. The van der Waals surface area contributed by atoms with Gasteiger partial charge in [0.25, 0.3) is 0 Å². The third-order valence-electron chi connectivity index (χ3n) is 2.06. The lowest BCUT2D eigenvalue weighted by Gasteiger charge is -2.07. The summed E-state index contributed by atoms with van der Waals surface area (Å²) in [7, 11) is 0. The van der Waals surface area contributed by atoms with Gasteiger partial charge in [-0.3, -0.25) is 4.79 Å². The van der Waals surface area contributed by atoms with Gasteiger partial charge in [-0.15, -0.1) is 0 Å². The number of carbonyl (C=O) groups excluding carboxylic acids is 1. The van der Waals surface area contributed by atoms with Crippen molar-refractivity contribution < 1.29 is 22.7 Å². The van der Waals surface area contributed by atoms with Gasteiger partial charge in [0, 0.05) is 5.56 Å². The first-order valence-corrected chi connectivity index (χ1v) is 5.73. The highest BCUT2D eigenvalue weighted by Gasteiger charge is 2.30. The highest BCUT2D eigenvalue weighted by atomic mass is 35.5. The number of benzene rings is 1. The summed E-state index contributed by atoms with van der Waals surface area (Å²) >= 11 is 5.69. The van der Waals surface area contributed by atoms with Gasteiger partial charge in [-0.1, -0.05) is 23.4 Å². The number of hydrogen-bond acceptors (Lipinski definition) is 2. The number of esters is 1. The number of alkyl halides is 3. The van der Waals surface area contributed by atoms with Crippen LogP contribution in [0.2, 0.25) is 5.02 Å². The van der Waals surface area contributed by atoms with E-state index >= 15 is 0 Å². The Bertz CT molecular complexity index is 527. The maximum Gasteiger partial charge on any atom is 0.416 e. The normalized spacial score (nSPS) is 10.6. The molecule has 0 unspecified atom stereocenters. The summed E-state index contributed by atoms with van der Waals surface area (Å²) < 4.78 is 41.8. The molecule has 0 N–H and O–H groups in total. The minimum atomic E-state index is -4.44. The lowest BCUT2D eigenvalue weighted by atomic mass is 10.1. The quantitative estimate of drug-likeness (QED) is 0.614. The van der Waals surface area contributed by atoms with Crippen LogP contribution in [0.15, 0.2) is 18.2 Å². The van der Waals surface area contributed by atoms with Crippen molar-refractivity contribution >= 4 is 17.6 Å². The van der Waals surface area contributed by atoms with Crippen molar-refractivity contribution in [2.24, 2.45) is 0 Å². The van der Waals surface area contributed by atoms with Gasteiger partial charge in [0.2, 0.25) is 0 Å². The molecular weight excluding hydrogens is 281 g/mol. The van der Waals surface area contributed by atoms with Gasteiger partial charge in [0.1, 0.15) is 6.42 Å². The van der Waals surface area contributed by atoms with E-state index < -0.39 is 17.7 Å². The van der Waals surface area contributed by atoms with Crippen LogP contribution in [0.1, 0.15) is 24.5 Å². The second-order valence-corrected chi connectivity index (χ2v) is 3.88. The smallest absolute Gasteiger partial charge is 0.416 e. The summed E-state index contributed by atoms with van der Waals surface area (Å²) in [5.74, 6) is 4.54. The maximum absolute atomic E-state index is 12.4. The van der Waals surface area contributed by atoms with Crippen molar-refractivity contribution in [3.8, 4) is 11.8 Å². The fourth-order valence-corrected chi connectivity index (χ4v) is 1.44. The lowest BCUT2D eigenvalue weighted by Crippen LogP contribution is -2.04. The van der Waals surface area contributed by atoms with Crippen LogP contribution < -0.4 is 0 Å². The van der Waals surface area contributed by atoms with E-state index in [0.29, 0.717) is 0 Å². The molecule has 0 aliphatic heterocycles. The van der Waals surface area contributed by atoms with Gasteiger partial charge in [0.05, 0.1) is 17.2 Å². The predicted octanol–water partition coefficient (Wildman–Crippen LogP) is 3.66. The molecule has 0 aliphatic rings. The number of halogens is 4. The molecule has 0 amide bonds. The van der Waals surface area contributed by atoms with Gasteiger partial charge in [-0.05, 0) is 25.1 Å². The summed E-state index contributed by atoms with van der Waals surface area (Å²) in [6, 6.07) is 2.86. The predicted molar refractivity (Wildman–Crippen MR) is 64.6 cm³/mol. The molecule has 0 heterocycles. The molecule has 2 nitrogen and oxygen atoms in total. The number of ether oxygens (including phenoxy) is 1. The SMILES string of the molecule is CCOC(=O)CC#Cc1ccc(C(F)(F)F)cc1Cl. The van der Waals surface area contributed by atoms with Crippen LogP contribution in [0.5, 0.6) is 0 Å². The molecule has 0 saturated carbocycles. The molecule has 1 aromatic carbocycles. The largest absolute Gasteiger partial charge is 0.465 e. The zero-order chi connectivity index (χ0) is 14.5. The number of carbonyl (C=O) groups is 1. The second-order valence-electron chi connectivity index (χ2n) is 3.48. The fourth-order valence-electron chi connectivity index (χ4n) is 1.22. The Morgan fingerprint density at radius 2 is 2.11 bits per heavy atom. The second kappa shape index (κ2) is 6.48. The third-order valence-corrected chi connectivity index (χ3v) is 2.37. The molecule has 1 rings (SSSR count). The van der Waals surface area contributed by atoms with Crippen LogP contribution in [0.4, 0.5) is 13.2 Å². The Hall–Kier alpha value is -1.67. The van der Waals surface area contributed by atoms with E-state index in [1.165, 1.54) is 6.07 Å². The number of rotatable bonds is 2. The Morgan fingerprint density at radius 3 is 2.63 bits per heavy atom. The summed E-state index contributed by atoms with van der Waals surface area (Å²) in [4.78, 5) is 11.0. The highest BCUT2D eigenvalue weighted by molar-refractivity contribution is 6.31. The maximum atomic E-state index is 12.4. The van der Waals surface area contributed by atoms with Crippen molar-refractivity contribution in [3.63, 3.8) is 0 Å². The zero-order valence-electron chi connectivity index (χ0n) is 9.97. The van der Waals surface area contributed by atoms with E-state index in [2.05, 4.69) is 16.6 Å². The van der Waals surface area contributed by atoms with Crippen LogP contribution in [-0.2, 0) is 15.7 Å². The summed E-state index contributed by atoms with van der Waals surface area (Å²) in [5, 5.41) is -0.105. The Balaban J connectivity index is 2.82. The summed E-state index contributed by atoms with van der Waals surface area (Å²) in [6.45, 7) is 1.92. The first kappa shape index (κ1) is 15.4. The van der Waals surface area contributed by atoms with Gasteiger partial charge in [0.15, 0.2) is 0 Å². The van der Waals surface area contributed by atoms with Crippen molar-refractivity contribution in [2.75, 3.05) is 6.61 Å². The van der Waals surface area contributed by atoms with Gasteiger partial charge in [-0.2, -0.15) is 13.2 Å². The molecule has 0 bridgehead atoms. The van der Waals surface area contributed by atoms with Crippen LogP contribution in [0, 0.1) is 11.8 Å². The molecule has 0 saturated heterocycles. The van der Waals surface area contributed by atoms with Crippen LogP contribution >= 0.6 is 11.6 Å². The van der Waals surface area contributed by atoms with Gasteiger partial charge < -0.3 is 4.74 Å². The minimum absolute atomic E-state index is 0.105. The van der Waals surface area contributed by atoms with Crippen LogP contribution in [0.3, 0.4) is 0 Å². The van der Waals surface area contributed by atoms with E-state index in [1.807, 2.05) is 0 Å². The molecule has 0 aromatic heterocycles. The first-order chi connectivity index (χ1) is 8.84. The molecule has 1 aromatic rings. The zero-order valence-corrected chi connectivity index (χ0v) is 10.7. The Kier molecular flexibility index (Phi) is 5.25. The Labute approximate surface area is 113 Å². The van der Waals surface area contributed by atoms with Crippen LogP contribution in [0.25, 0.3) is 0 Å². The average Bonchev–Trinajstić information content (AvgIpc) is 2.30. The summed E-state index contributed by atoms with van der Waals surface area (Å²) in [6.07, 6.45) is -4.58. The lowest BCUT2D eigenvalue weighted by molar-refractivity contribution is -0.142. The molecule has 0 aliphatic carbocycles. The van der Waals surface area contributed by atoms with Crippen molar-refractivity contribution in [3.05, 3.63) is 34.3 Å². The van der Waals surface area contributed by atoms with Crippen molar-refractivity contribution in [2.45, 2.75) is 19.5 Å². The molecule has 102 valence electrons. The molecule has 0 spiro atoms. The molecule has 6 heteroatoms. The Morgan fingerprint density at radius 1 is 1.42 bits per heavy atom. The van der Waals surface area contributed by atoms with E-state index in [-0.39, 0.29) is 23.6 Å². The fraction of sp³-hybridized carbons (Fsp3) is 0.308. The highest BCUT2D eigenvalue weighted by Crippen LogP contribution is 2.31. The first-order valence-electron chi connectivity index (χ1n) is 5.36. The minimum Gasteiger partial charge on any atom is -0.465 e. The molecular formula is C13H10ClF3O2. The van der Waals surface area contributed by atoms with Gasteiger partial charge in [-0.25, -0.2) is 0 Å².